The van der Waals surface area contributed by atoms with Crippen molar-refractivity contribution in [2.45, 2.75) is 394 Å². The third-order valence-electron chi connectivity index (χ3n) is 17.0. The van der Waals surface area contributed by atoms with Gasteiger partial charge in [0.15, 0.2) is 12.2 Å². The lowest BCUT2D eigenvalue weighted by Crippen LogP contribution is -2.30. The summed E-state index contributed by atoms with van der Waals surface area (Å²) in [6.07, 6.45) is 51.5. The predicted octanol–water partition coefficient (Wildman–Crippen LogP) is 21.2. The lowest BCUT2D eigenvalue weighted by Gasteiger charge is -2.21. The molecule has 0 bridgehead atoms. The van der Waals surface area contributed by atoms with Crippen molar-refractivity contribution < 1.29 is 80.2 Å². The van der Waals surface area contributed by atoms with Gasteiger partial charge in [-0.05, 0) is 37.5 Å². The molecule has 0 aliphatic carbocycles. The maximum atomic E-state index is 13.1. The fourth-order valence-corrected chi connectivity index (χ4v) is 12.7. The summed E-state index contributed by atoms with van der Waals surface area (Å²) in [6.45, 7) is 9.50. The zero-order valence-corrected chi connectivity index (χ0v) is 61.6. The Morgan fingerprint density at radius 1 is 0.293 bits per heavy atom. The quantitative estimate of drug-likeness (QED) is 0.0222. The van der Waals surface area contributed by atoms with Gasteiger partial charge < -0.3 is 33.8 Å². The first-order valence-electron chi connectivity index (χ1n) is 38.0. The number of rotatable bonds is 72. The molecule has 0 spiro atoms. The number of phosphoric acid groups is 2. The number of aliphatic hydroxyl groups excluding tert-OH is 1. The lowest BCUT2D eigenvalue weighted by atomic mass is 10.0. The normalized spacial score (nSPS) is 14.1. The van der Waals surface area contributed by atoms with Gasteiger partial charge in [0, 0.05) is 25.7 Å². The Hall–Kier alpha value is -1.94. The molecule has 0 heterocycles. The van der Waals surface area contributed by atoms with Crippen molar-refractivity contribution >= 4 is 39.5 Å². The van der Waals surface area contributed by atoms with Gasteiger partial charge in [0.25, 0.3) is 0 Å². The summed E-state index contributed by atoms with van der Waals surface area (Å²) in [5.74, 6) is -0.657. The number of carbonyl (C=O) groups excluding carboxylic acids is 4. The summed E-state index contributed by atoms with van der Waals surface area (Å²) in [7, 11) is -9.90. The highest BCUT2D eigenvalue weighted by Gasteiger charge is 2.30. The van der Waals surface area contributed by atoms with Crippen LogP contribution in [0.4, 0.5) is 0 Å². The Bertz CT molecular complexity index is 1790. The molecule has 546 valence electrons. The molecule has 0 saturated heterocycles. The molecule has 0 aromatic rings. The van der Waals surface area contributed by atoms with Gasteiger partial charge in [0.1, 0.15) is 19.3 Å². The molecular formula is C73H142O17P2. The number of esters is 4. The van der Waals surface area contributed by atoms with Crippen LogP contribution in [0.15, 0.2) is 0 Å². The predicted molar refractivity (Wildman–Crippen MR) is 372 cm³/mol. The van der Waals surface area contributed by atoms with Crippen molar-refractivity contribution in [2.75, 3.05) is 39.6 Å². The molecule has 17 nitrogen and oxygen atoms in total. The van der Waals surface area contributed by atoms with Crippen molar-refractivity contribution in [1.29, 1.82) is 0 Å². The Labute approximate surface area is 562 Å². The standard InChI is InChI=1S/C73H142O17P2/c1-7-9-11-13-15-17-18-19-20-21-22-23-24-25-28-33-39-45-51-57-72(77)89-68(61-84-71(76)56-50-44-38-32-29-26-27-31-35-41-47-53-65(3)4)63-87-91(79,80)85-59-67(74)60-86-92(81,82)88-64-69(62-83-70(75)55-49-43-37-30-16-14-12-10-8-2)90-73(78)58-52-46-40-34-36-42-48-54-66(5)6/h65-69,74H,7-64H2,1-6H3,(H,79,80)(H,81,82)/t67-,68-,69-/m1/s1. The summed E-state index contributed by atoms with van der Waals surface area (Å²) in [6, 6.07) is 0. The second kappa shape index (κ2) is 65.0. The molecule has 0 radical (unpaired) electrons. The van der Waals surface area contributed by atoms with Gasteiger partial charge in [-0.1, -0.05) is 324 Å². The fraction of sp³-hybridized carbons (Fsp3) is 0.945. The second-order valence-corrected chi connectivity index (χ2v) is 30.2. The van der Waals surface area contributed by atoms with Gasteiger partial charge >= 0.3 is 39.5 Å². The number of ether oxygens (including phenoxy) is 4. The molecule has 3 N–H and O–H groups in total. The summed E-state index contributed by atoms with van der Waals surface area (Å²) in [5.41, 5.74) is 0. The summed E-state index contributed by atoms with van der Waals surface area (Å²) >= 11 is 0. The van der Waals surface area contributed by atoms with Gasteiger partial charge in [0.05, 0.1) is 26.4 Å². The number of aliphatic hydroxyl groups is 1. The number of unbranched alkanes of at least 4 members (excludes halogenated alkanes) is 42. The van der Waals surface area contributed by atoms with Gasteiger partial charge in [-0.3, -0.25) is 37.3 Å². The van der Waals surface area contributed by atoms with Gasteiger partial charge in [-0.2, -0.15) is 0 Å². The maximum Gasteiger partial charge on any atom is 0.472 e. The van der Waals surface area contributed by atoms with E-state index in [0.29, 0.717) is 31.6 Å². The van der Waals surface area contributed by atoms with Crippen LogP contribution in [0.25, 0.3) is 0 Å². The van der Waals surface area contributed by atoms with Crippen molar-refractivity contribution in [3.8, 4) is 0 Å². The van der Waals surface area contributed by atoms with Crippen LogP contribution in [0, 0.1) is 11.8 Å². The first-order valence-corrected chi connectivity index (χ1v) is 41.0. The van der Waals surface area contributed by atoms with Crippen LogP contribution in [0.2, 0.25) is 0 Å². The van der Waals surface area contributed by atoms with Crippen LogP contribution in [-0.2, 0) is 65.4 Å². The van der Waals surface area contributed by atoms with E-state index >= 15 is 0 Å². The van der Waals surface area contributed by atoms with E-state index < -0.39 is 97.5 Å². The molecule has 2 unspecified atom stereocenters. The highest BCUT2D eigenvalue weighted by Crippen LogP contribution is 2.45. The van der Waals surface area contributed by atoms with E-state index in [1.165, 1.54) is 193 Å². The van der Waals surface area contributed by atoms with E-state index in [1.807, 2.05) is 0 Å². The molecule has 0 aliphatic rings. The minimum atomic E-state index is -4.95. The van der Waals surface area contributed by atoms with E-state index in [9.17, 15) is 43.2 Å². The molecule has 0 aromatic carbocycles. The van der Waals surface area contributed by atoms with E-state index in [-0.39, 0.29) is 25.7 Å². The van der Waals surface area contributed by atoms with E-state index in [2.05, 4.69) is 41.5 Å². The Kier molecular flexibility index (Phi) is 63.7. The average molecular weight is 1350 g/mol. The summed E-state index contributed by atoms with van der Waals surface area (Å²) < 4.78 is 68.3. The second-order valence-electron chi connectivity index (χ2n) is 27.3. The molecule has 0 rings (SSSR count). The van der Waals surface area contributed by atoms with E-state index in [4.69, 9.17) is 37.0 Å². The van der Waals surface area contributed by atoms with Crippen LogP contribution in [0.1, 0.15) is 375 Å². The van der Waals surface area contributed by atoms with Crippen molar-refractivity contribution in [3.63, 3.8) is 0 Å². The van der Waals surface area contributed by atoms with Crippen LogP contribution in [0.5, 0.6) is 0 Å². The molecular weight excluding hydrogens is 1210 g/mol. The zero-order chi connectivity index (χ0) is 67.9. The minimum absolute atomic E-state index is 0.104. The van der Waals surface area contributed by atoms with Crippen molar-refractivity contribution in [1.82, 2.24) is 0 Å². The number of hydrogen-bond donors (Lipinski definition) is 3. The molecule has 0 amide bonds. The third-order valence-corrected chi connectivity index (χ3v) is 18.9. The summed E-state index contributed by atoms with van der Waals surface area (Å²) in [5, 5.41) is 10.6. The molecule has 0 saturated carbocycles. The smallest absolute Gasteiger partial charge is 0.462 e. The molecule has 92 heavy (non-hydrogen) atoms. The first kappa shape index (κ1) is 90.1. The van der Waals surface area contributed by atoms with Gasteiger partial charge in [-0.15, -0.1) is 0 Å². The lowest BCUT2D eigenvalue weighted by molar-refractivity contribution is -0.161. The number of hydrogen-bond acceptors (Lipinski definition) is 15. The largest absolute Gasteiger partial charge is 0.472 e. The van der Waals surface area contributed by atoms with Crippen LogP contribution >= 0.6 is 15.6 Å². The Morgan fingerprint density at radius 2 is 0.500 bits per heavy atom. The number of carbonyl (C=O) groups is 4. The van der Waals surface area contributed by atoms with E-state index in [1.54, 1.807) is 0 Å². The van der Waals surface area contributed by atoms with Crippen molar-refractivity contribution in [2.24, 2.45) is 11.8 Å². The molecule has 5 atom stereocenters. The maximum absolute atomic E-state index is 13.1. The van der Waals surface area contributed by atoms with Gasteiger partial charge in [0.2, 0.25) is 0 Å². The highest BCUT2D eigenvalue weighted by atomic mass is 31.2. The summed E-state index contributed by atoms with van der Waals surface area (Å²) in [4.78, 5) is 72.6. The molecule has 19 heteroatoms. The fourth-order valence-electron chi connectivity index (χ4n) is 11.1. The van der Waals surface area contributed by atoms with Crippen LogP contribution in [0.3, 0.4) is 0 Å². The zero-order valence-electron chi connectivity index (χ0n) is 59.9. The molecule has 0 aliphatic heterocycles. The van der Waals surface area contributed by atoms with E-state index in [0.717, 1.165) is 95.8 Å². The number of phosphoric ester groups is 2. The topological polar surface area (TPSA) is 237 Å². The minimum Gasteiger partial charge on any atom is -0.462 e. The SMILES string of the molecule is CCCCCCCCCCCCCCCCCCCCCC(=O)O[C@H](COC(=O)CCCCCCCCCCCCCC(C)C)COP(=O)(O)OC[C@@H](O)COP(=O)(O)OC[C@@H](COC(=O)CCCCCCCCCCC)OC(=O)CCCCCCCCCC(C)C. The van der Waals surface area contributed by atoms with Gasteiger partial charge in [-0.25, -0.2) is 9.13 Å². The first-order chi connectivity index (χ1) is 44.4. The monoisotopic (exact) mass is 1350 g/mol. The highest BCUT2D eigenvalue weighted by molar-refractivity contribution is 7.47. The molecule has 0 aromatic heterocycles. The Morgan fingerprint density at radius 3 is 0.739 bits per heavy atom. The molecule has 0 fully saturated rings. The third kappa shape index (κ3) is 66.7. The average Bonchev–Trinajstić information content (AvgIpc) is 3.38. The Balaban J connectivity index is 5.20. The van der Waals surface area contributed by atoms with Crippen LogP contribution < -0.4 is 0 Å². The van der Waals surface area contributed by atoms with Crippen molar-refractivity contribution in [3.05, 3.63) is 0 Å². The van der Waals surface area contributed by atoms with Crippen LogP contribution in [-0.4, -0.2) is 96.7 Å².